The van der Waals surface area contributed by atoms with Crippen LogP contribution in [0.25, 0.3) is 10.7 Å². The first-order valence-electron chi connectivity index (χ1n) is 4.78. The van der Waals surface area contributed by atoms with Crippen LogP contribution < -0.4 is 0 Å². The summed E-state index contributed by atoms with van der Waals surface area (Å²) in [6.45, 7) is 3.86. The number of carbonyl (C=O) groups is 1. The van der Waals surface area contributed by atoms with Crippen LogP contribution in [0.1, 0.15) is 22.5 Å². The Balaban J connectivity index is 2.22. The van der Waals surface area contributed by atoms with Gasteiger partial charge in [0.25, 0.3) is 0 Å². The van der Waals surface area contributed by atoms with E-state index in [0.717, 1.165) is 4.88 Å². The van der Waals surface area contributed by atoms with Crippen molar-refractivity contribution in [2.75, 3.05) is 6.61 Å². The summed E-state index contributed by atoms with van der Waals surface area (Å²) in [5.41, 5.74) is 0. The van der Waals surface area contributed by atoms with Gasteiger partial charge in [-0.15, -0.1) is 11.3 Å². The van der Waals surface area contributed by atoms with E-state index >= 15 is 0 Å². The zero-order valence-electron chi connectivity index (χ0n) is 8.89. The predicted octanol–water partition coefficient (Wildman–Crippen LogP) is 2.28. The fourth-order valence-corrected chi connectivity index (χ4v) is 1.99. The number of thiophene rings is 1. The third-order valence-corrected chi connectivity index (χ3v) is 2.89. The van der Waals surface area contributed by atoms with Gasteiger partial charge in [0.1, 0.15) is 4.88 Å². The molecule has 0 aromatic carbocycles. The van der Waals surface area contributed by atoms with E-state index in [0.29, 0.717) is 23.2 Å². The Hall–Kier alpha value is -1.69. The molecule has 5 nitrogen and oxygen atoms in total. The van der Waals surface area contributed by atoms with Gasteiger partial charge in [-0.05, 0) is 19.1 Å². The van der Waals surface area contributed by atoms with E-state index in [-0.39, 0.29) is 5.97 Å². The molecule has 2 aromatic rings. The number of hydrogen-bond donors (Lipinski definition) is 0. The molecule has 0 radical (unpaired) electrons. The second-order valence-electron chi connectivity index (χ2n) is 3.02. The molecule has 0 N–H and O–H groups in total. The van der Waals surface area contributed by atoms with Crippen molar-refractivity contribution >= 4 is 17.3 Å². The van der Waals surface area contributed by atoms with E-state index in [1.807, 2.05) is 0 Å². The fraction of sp³-hybridized carbons (Fsp3) is 0.300. The van der Waals surface area contributed by atoms with Crippen LogP contribution in [0, 0.1) is 6.92 Å². The molecule has 84 valence electrons. The molecule has 2 rings (SSSR count). The topological polar surface area (TPSA) is 65.2 Å². The van der Waals surface area contributed by atoms with E-state index in [4.69, 9.17) is 9.26 Å². The number of hydrogen-bond acceptors (Lipinski definition) is 6. The van der Waals surface area contributed by atoms with Crippen LogP contribution >= 0.6 is 11.3 Å². The lowest BCUT2D eigenvalue weighted by molar-refractivity contribution is 0.0532. The summed E-state index contributed by atoms with van der Waals surface area (Å²) in [6.07, 6.45) is 0. The van der Waals surface area contributed by atoms with Crippen LogP contribution in [0.4, 0.5) is 0 Å². The van der Waals surface area contributed by atoms with Crippen LogP contribution in [0.15, 0.2) is 16.7 Å². The van der Waals surface area contributed by atoms with E-state index in [1.165, 1.54) is 11.3 Å². The fourth-order valence-electron chi connectivity index (χ4n) is 1.17. The van der Waals surface area contributed by atoms with Crippen LogP contribution in [-0.4, -0.2) is 22.7 Å². The van der Waals surface area contributed by atoms with Gasteiger partial charge in [0, 0.05) is 6.92 Å². The molecule has 2 aromatic heterocycles. The zero-order valence-corrected chi connectivity index (χ0v) is 9.71. The first kappa shape index (κ1) is 10.8. The summed E-state index contributed by atoms with van der Waals surface area (Å²) in [5.74, 6) is 0.679. The van der Waals surface area contributed by atoms with Crippen molar-refractivity contribution in [2.45, 2.75) is 13.8 Å². The summed E-state index contributed by atoms with van der Waals surface area (Å²) < 4.78 is 9.76. The SMILES string of the molecule is CCOC(=O)c1ccc(-c2noc(C)n2)s1. The van der Waals surface area contributed by atoms with Gasteiger partial charge in [-0.25, -0.2) is 4.79 Å². The third-order valence-electron chi connectivity index (χ3n) is 1.83. The first-order chi connectivity index (χ1) is 7.70. The zero-order chi connectivity index (χ0) is 11.5. The Kier molecular flexibility index (Phi) is 3.00. The molecule has 0 saturated heterocycles. The number of carbonyl (C=O) groups excluding carboxylic acids is 1. The molecule has 0 aliphatic carbocycles. The molecule has 0 aliphatic heterocycles. The maximum Gasteiger partial charge on any atom is 0.348 e. The summed E-state index contributed by atoms with van der Waals surface area (Å²) in [6, 6.07) is 3.48. The Bertz CT molecular complexity index is 504. The number of aryl methyl sites for hydroxylation is 1. The van der Waals surface area contributed by atoms with Crippen molar-refractivity contribution in [1.82, 2.24) is 10.1 Å². The maximum absolute atomic E-state index is 11.4. The number of ether oxygens (including phenoxy) is 1. The summed E-state index contributed by atoms with van der Waals surface area (Å²) in [5, 5.41) is 3.78. The summed E-state index contributed by atoms with van der Waals surface area (Å²) in [7, 11) is 0. The van der Waals surface area contributed by atoms with Gasteiger partial charge in [-0.2, -0.15) is 4.98 Å². The highest BCUT2D eigenvalue weighted by atomic mass is 32.1. The van der Waals surface area contributed by atoms with Gasteiger partial charge in [0.05, 0.1) is 11.5 Å². The van der Waals surface area contributed by atoms with Gasteiger partial charge in [-0.3, -0.25) is 0 Å². The smallest absolute Gasteiger partial charge is 0.348 e. The minimum Gasteiger partial charge on any atom is -0.462 e. The molecule has 2 heterocycles. The number of aromatic nitrogens is 2. The monoisotopic (exact) mass is 238 g/mol. The maximum atomic E-state index is 11.4. The molecule has 0 amide bonds. The minimum atomic E-state index is -0.320. The van der Waals surface area contributed by atoms with Gasteiger partial charge in [0.2, 0.25) is 11.7 Å². The molecular formula is C10H10N2O3S. The van der Waals surface area contributed by atoms with E-state index in [9.17, 15) is 4.79 Å². The molecule has 0 fully saturated rings. The lowest BCUT2D eigenvalue weighted by Gasteiger charge is -1.96. The molecule has 6 heteroatoms. The Morgan fingerprint density at radius 3 is 3.00 bits per heavy atom. The van der Waals surface area contributed by atoms with E-state index in [2.05, 4.69) is 10.1 Å². The molecule has 0 atom stereocenters. The first-order valence-corrected chi connectivity index (χ1v) is 5.60. The molecule has 0 spiro atoms. The molecule has 0 unspecified atom stereocenters. The van der Waals surface area contributed by atoms with Gasteiger partial charge in [0.15, 0.2) is 0 Å². The average Bonchev–Trinajstić information content (AvgIpc) is 2.85. The normalized spacial score (nSPS) is 10.4. The van der Waals surface area contributed by atoms with Crippen molar-refractivity contribution in [3.8, 4) is 10.7 Å². The number of esters is 1. The van der Waals surface area contributed by atoms with Crippen LogP contribution in [0.5, 0.6) is 0 Å². The minimum absolute atomic E-state index is 0.320. The lowest BCUT2D eigenvalue weighted by atomic mass is 10.4. The van der Waals surface area contributed by atoms with Gasteiger partial charge < -0.3 is 9.26 Å². The van der Waals surface area contributed by atoms with Crippen molar-refractivity contribution in [1.29, 1.82) is 0 Å². The van der Waals surface area contributed by atoms with E-state index in [1.54, 1.807) is 26.0 Å². The second kappa shape index (κ2) is 4.44. The Morgan fingerprint density at radius 2 is 2.38 bits per heavy atom. The average molecular weight is 238 g/mol. The Morgan fingerprint density at radius 1 is 1.56 bits per heavy atom. The molecular weight excluding hydrogens is 228 g/mol. The number of rotatable bonds is 3. The lowest BCUT2D eigenvalue weighted by Crippen LogP contribution is -2.01. The molecule has 16 heavy (non-hydrogen) atoms. The van der Waals surface area contributed by atoms with E-state index < -0.39 is 0 Å². The third kappa shape index (κ3) is 2.11. The predicted molar refractivity (Wildman–Crippen MR) is 58.3 cm³/mol. The summed E-state index contributed by atoms with van der Waals surface area (Å²) in [4.78, 5) is 16.8. The molecule has 0 saturated carbocycles. The largest absolute Gasteiger partial charge is 0.462 e. The van der Waals surface area contributed by atoms with Crippen molar-refractivity contribution in [3.63, 3.8) is 0 Å². The molecule has 0 bridgehead atoms. The summed E-state index contributed by atoms with van der Waals surface area (Å²) >= 11 is 1.29. The standard InChI is InChI=1S/C10H10N2O3S/c1-3-14-10(13)8-5-4-7(16-8)9-11-6(2)15-12-9/h4-5H,3H2,1-2H3. The van der Waals surface area contributed by atoms with Crippen molar-refractivity contribution < 1.29 is 14.1 Å². The highest BCUT2D eigenvalue weighted by Gasteiger charge is 2.13. The highest BCUT2D eigenvalue weighted by molar-refractivity contribution is 7.17. The van der Waals surface area contributed by atoms with Crippen molar-refractivity contribution in [3.05, 3.63) is 22.9 Å². The Labute approximate surface area is 96.0 Å². The van der Waals surface area contributed by atoms with Gasteiger partial charge in [-0.1, -0.05) is 5.16 Å². The van der Waals surface area contributed by atoms with Gasteiger partial charge >= 0.3 is 5.97 Å². The highest BCUT2D eigenvalue weighted by Crippen LogP contribution is 2.26. The van der Waals surface area contributed by atoms with Crippen molar-refractivity contribution in [2.24, 2.45) is 0 Å². The molecule has 0 aliphatic rings. The number of nitrogens with zero attached hydrogens (tertiary/aromatic N) is 2. The second-order valence-corrected chi connectivity index (χ2v) is 4.11. The quantitative estimate of drug-likeness (QED) is 0.767. The van der Waals surface area contributed by atoms with Crippen LogP contribution in [0.2, 0.25) is 0 Å². The van der Waals surface area contributed by atoms with Crippen LogP contribution in [-0.2, 0) is 4.74 Å². The van der Waals surface area contributed by atoms with Crippen LogP contribution in [0.3, 0.4) is 0 Å².